The first-order chi connectivity index (χ1) is 12.7. The highest BCUT2D eigenvalue weighted by atomic mass is 16.4. The van der Waals surface area contributed by atoms with E-state index in [1.807, 2.05) is 30.3 Å². The number of carboxylic acids is 1. The predicted molar refractivity (Wildman–Crippen MR) is 103 cm³/mol. The lowest BCUT2D eigenvalue weighted by molar-refractivity contribution is -0.139. The summed E-state index contributed by atoms with van der Waals surface area (Å²) in [5, 5.41) is 12.8. The fourth-order valence-electron chi connectivity index (χ4n) is 3.72. The molecule has 0 spiro atoms. The number of carbonyl (C=O) groups is 1. The molecule has 0 bridgehead atoms. The minimum Gasteiger partial charge on any atom is -0.480 e. The first kappa shape index (κ1) is 16.6. The molecule has 0 saturated heterocycles. The van der Waals surface area contributed by atoms with Gasteiger partial charge in [-0.2, -0.15) is 0 Å². The van der Waals surface area contributed by atoms with E-state index in [1.54, 1.807) is 0 Å². The van der Waals surface area contributed by atoms with Gasteiger partial charge in [0, 0.05) is 6.54 Å². The second kappa shape index (κ2) is 7.14. The number of carboxylic acid groups (broad SMARTS) is 1. The molecular formula is C23H21NO2. The van der Waals surface area contributed by atoms with E-state index in [0.717, 1.165) is 12.0 Å². The SMILES string of the molecule is O=C(O)[C@H](Cc1ccccc1)NCc1cccc2c1Cc1ccccc1-2. The summed E-state index contributed by atoms with van der Waals surface area (Å²) < 4.78 is 0. The molecular weight excluding hydrogens is 322 g/mol. The number of hydrogen-bond donors (Lipinski definition) is 2. The maximum atomic E-state index is 11.7. The van der Waals surface area contributed by atoms with Crippen LogP contribution in [0.2, 0.25) is 0 Å². The lowest BCUT2D eigenvalue weighted by Gasteiger charge is -2.16. The zero-order valence-electron chi connectivity index (χ0n) is 14.5. The zero-order valence-corrected chi connectivity index (χ0v) is 14.5. The number of fused-ring (bicyclic) bond motifs is 3. The van der Waals surface area contributed by atoms with E-state index >= 15 is 0 Å². The molecule has 1 aliphatic rings. The molecule has 2 N–H and O–H groups in total. The van der Waals surface area contributed by atoms with Crippen LogP contribution < -0.4 is 5.32 Å². The van der Waals surface area contributed by atoms with Crippen LogP contribution in [-0.4, -0.2) is 17.1 Å². The normalized spacial score (nSPS) is 13.1. The van der Waals surface area contributed by atoms with E-state index in [0.29, 0.717) is 13.0 Å². The molecule has 3 aromatic carbocycles. The maximum Gasteiger partial charge on any atom is 0.321 e. The molecule has 3 nitrogen and oxygen atoms in total. The third-order valence-corrected chi connectivity index (χ3v) is 5.07. The molecule has 0 unspecified atom stereocenters. The highest BCUT2D eigenvalue weighted by molar-refractivity contribution is 5.78. The minimum absolute atomic E-state index is 0.478. The van der Waals surface area contributed by atoms with Crippen molar-refractivity contribution in [2.45, 2.75) is 25.4 Å². The second-order valence-corrected chi connectivity index (χ2v) is 6.74. The molecule has 26 heavy (non-hydrogen) atoms. The van der Waals surface area contributed by atoms with Crippen molar-refractivity contribution in [3.05, 3.63) is 95.1 Å². The van der Waals surface area contributed by atoms with E-state index in [9.17, 15) is 9.90 Å². The average Bonchev–Trinajstić information content (AvgIpc) is 3.05. The second-order valence-electron chi connectivity index (χ2n) is 6.74. The number of hydrogen-bond acceptors (Lipinski definition) is 2. The van der Waals surface area contributed by atoms with Gasteiger partial charge in [0.1, 0.15) is 6.04 Å². The number of aliphatic carboxylic acids is 1. The van der Waals surface area contributed by atoms with Crippen molar-refractivity contribution in [3.8, 4) is 11.1 Å². The fraction of sp³-hybridized carbons (Fsp3) is 0.174. The van der Waals surface area contributed by atoms with Gasteiger partial charge in [0.2, 0.25) is 0 Å². The van der Waals surface area contributed by atoms with Crippen LogP contribution in [0.15, 0.2) is 72.8 Å². The fourth-order valence-corrected chi connectivity index (χ4v) is 3.72. The van der Waals surface area contributed by atoms with Crippen LogP contribution >= 0.6 is 0 Å². The molecule has 0 aliphatic heterocycles. The van der Waals surface area contributed by atoms with Gasteiger partial charge in [0.15, 0.2) is 0 Å². The number of rotatable bonds is 6. The van der Waals surface area contributed by atoms with Gasteiger partial charge in [-0.1, -0.05) is 72.8 Å². The van der Waals surface area contributed by atoms with Gasteiger partial charge in [0.05, 0.1) is 0 Å². The maximum absolute atomic E-state index is 11.7. The molecule has 0 saturated carbocycles. The highest BCUT2D eigenvalue weighted by Crippen LogP contribution is 2.37. The molecule has 0 amide bonds. The standard InChI is InChI=1S/C23H21NO2/c25-23(26)22(13-16-7-2-1-3-8-16)24-15-18-10-6-12-20-19-11-5-4-9-17(19)14-21(18)20/h1-12,22,24H,13-15H2,(H,25,26)/t22-/m0/s1. The zero-order chi connectivity index (χ0) is 17.9. The monoisotopic (exact) mass is 343 g/mol. The van der Waals surface area contributed by atoms with Crippen LogP contribution in [0, 0.1) is 0 Å². The van der Waals surface area contributed by atoms with E-state index in [4.69, 9.17) is 0 Å². The molecule has 130 valence electrons. The highest BCUT2D eigenvalue weighted by Gasteiger charge is 2.22. The van der Waals surface area contributed by atoms with Crippen LogP contribution in [0.1, 0.15) is 22.3 Å². The Bertz CT molecular complexity index is 934. The molecule has 0 radical (unpaired) electrons. The third-order valence-electron chi connectivity index (χ3n) is 5.07. The molecule has 0 aromatic heterocycles. The van der Waals surface area contributed by atoms with Gasteiger partial charge in [0.25, 0.3) is 0 Å². The Hall–Kier alpha value is -2.91. The summed E-state index contributed by atoms with van der Waals surface area (Å²) in [5.74, 6) is -0.815. The Kier molecular flexibility index (Phi) is 4.55. The van der Waals surface area contributed by atoms with Gasteiger partial charge < -0.3 is 10.4 Å². The predicted octanol–water partition coefficient (Wildman–Crippen LogP) is 4.04. The van der Waals surface area contributed by atoms with Crippen molar-refractivity contribution in [3.63, 3.8) is 0 Å². The Balaban J connectivity index is 1.52. The van der Waals surface area contributed by atoms with Crippen LogP contribution in [0.3, 0.4) is 0 Å². The van der Waals surface area contributed by atoms with E-state index in [1.165, 1.54) is 27.8 Å². The Morgan fingerprint density at radius 2 is 1.65 bits per heavy atom. The lowest BCUT2D eigenvalue weighted by atomic mass is 10.0. The van der Waals surface area contributed by atoms with Gasteiger partial charge in [-0.3, -0.25) is 4.79 Å². The summed E-state index contributed by atoms with van der Waals surface area (Å²) in [5.41, 5.74) is 7.42. The van der Waals surface area contributed by atoms with Crippen molar-refractivity contribution in [2.24, 2.45) is 0 Å². The van der Waals surface area contributed by atoms with Crippen LogP contribution in [0.4, 0.5) is 0 Å². The van der Waals surface area contributed by atoms with Crippen LogP contribution in [0.5, 0.6) is 0 Å². The molecule has 1 aliphatic carbocycles. The van der Waals surface area contributed by atoms with Gasteiger partial charge in [-0.25, -0.2) is 0 Å². The first-order valence-corrected chi connectivity index (χ1v) is 8.91. The summed E-state index contributed by atoms with van der Waals surface area (Å²) in [6.45, 7) is 0.557. The average molecular weight is 343 g/mol. The van der Waals surface area contributed by atoms with Crippen LogP contribution in [-0.2, 0) is 24.2 Å². The number of nitrogens with one attached hydrogen (secondary N) is 1. The van der Waals surface area contributed by atoms with Crippen molar-refractivity contribution < 1.29 is 9.90 Å². The first-order valence-electron chi connectivity index (χ1n) is 8.91. The molecule has 0 fully saturated rings. The Morgan fingerprint density at radius 1 is 0.923 bits per heavy atom. The van der Waals surface area contributed by atoms with E-state index in [-0.39, 0.29) is 0 Å². The summed E-state index contributed by atoms with van der Waals surface area (Å²) in [4.78, 5) is 11.7. The molecule has 0 heterocycles. The molecule has 1 atom stereocenters. The van der Waals surface area contributed by atoms with Gasteiger partial charge >= 0.3 is 5.97 Å². The van der Waals surface area contributed by atoms with Crippen molar-refractivity contribution >= 4 is 5.97 Å². The largest absolute Gasteiger partial charge is 0.480 e. The molecule has 3 aromatic rings. The molecule has 3 heteroatoms. The van der Waals surface area contributed by atoms with Gasteiger partial charge in [-0.05, 0) is 46.2 Å². The Morgan fingerprint density at radius 3 is 2.46 bits per heavy atom. The minimum atomic E-state index is -0.815. The number of benzene rings is 3. The lowest BCUT2D eigenvalue weighted by Crippen LogP contribution is -2.38. The quantitative estimate of drug-likeness (QED) is 0.555. The summed E-state index contributed by atoms with van der Waals surface area (Å²) in [6.07, 6.45) is 1.39. The van der Waals surface area contributed by atoms with Crippen molar-refractivity contribution in [1.82, 2.24) is 5.32 Å². The molecule has 4 rings (SSSR count). The topological polar surface area (TPSA) is 49.3 Å². The smallest absolute Gasteiger partial charge is 0.321 e. The van der Waals surface area contributed by atoms with E-state index < -0.39 is 12.0 Å². The summed E-state index contributed by atoms with van der Waals surface area (Å²) in [6, 6.07) is 23.9. The van der Waals surface area contributed by atoms with Crippen molar-refractivity contribution in [1.29, 1.82) is 0 Å². The van der Waals surface area contributed by atoms with Crippen LogP contribution in [0.25, 0.3) is 11.1 Å². The third kappa shape index (κ3) is 3.26. The summed E-state index contributed by atoms with van der Waals surface area (Å²) in [7, 11) is 0. The Labute approximate surface area is 153 Å². The summed E-state index contributed by atoms with van der Waals surface area (Å²) >= 11 is 0. The van der Waals surface area contributed by atoms with Gasteiger partial charge in [-0.15, -0.1) is 0 Å². The van der Waals surface area contributed by atoms with E-state index in [2.05, 4.69) is 47.8 Å². The van der Waals surface area contributed by atoms with Crippen molar-refractivity contribution in [2.75, 3.05) is 0 Å².